The zero-order chi connectivity index (χ0) is 26.7. The fourth-order valence-corrected chi connectivity index (χ4v) is 4.59. The summed E-state index contributed by atoms with van der Waals surface area (Å²) in [7, 11) is 0. The number of carbonyl (C=O) groups is 4. The van der Waals surface area contributed by atoms with Gasteiger partial charge in [0.25, 0.3) is 5.91 Å². The van der Waals surface area contributed by atoms with Crippen LogP contribution in [0.4, 0.5) is 5.69 Å². The number of anilines is 1. The highest BCUT2D eigenvalue weighted by molar-refractivity contribution is 6.02. The van der Waals surface area contributed by atoms with E-state index in [2.05, 4.69) is 10.6 Å². The summed E-state index contributed by atoms with van der Waals surface area (Å²) in [4.78, 5) is 49.2. The first-order valence-corrected chi connectivity index (χ1v) is 11.7. The van der Waals surface area contributed by atoms with Gasteiger partial charge in [-0.3, -0.25) is 15.0 Å². The molecule has 4 rings (SSSR count). The zero-order valence-corrected chi connectivity index (χ0v) is 19.8. The second-order valence-corrected chi connectivity index (χ2v) is 8.77. The molecule has 7 N–H and O–H groups in total. The van der Waals surface area contributed by atoms with Crippen molar-refractivity contribution in [3.63, 3.8) is 0 Å². The molecule has 0 aliphatic carbocycles. The first-order valence-electron chi connectivity index (χ1n) is 11.7. The Labute approximate surface area is 211 Å². The van der Waals surface area contributed by atoms with E-state index in [-0.39, 0.29) is 17.3 Å². The number of aliphatic carboxylic acids is 2. The van der Waals surface area contributed by atoms with Crippen LogP contribution in [0.5, 0.6) is 11.5 Å². The van der Waals surface area contributed by atoms with E-state index in [9.17, 15) is 24.3 Å². The number of ether oxygens (including phenoxy) is 2. The van der Waals surface area contributed by atoms with Crippen molar-refractivity contribution in [3.05, 3.63) is 52.1 Å². The van der Waals surface area contributed by atoms with E-state index in [0.29, 0.717) is 72.4 Å². The number of carboxylic acid groups (broad SMARTS) is 2. The fourth-order valence-electron chi connectivity index (χ4n) is 4.59. The number of carbonyl (C=O) groups excluding carboxylic acids is 2. The first kappa shape index (κ1) is 25.5. The Balaban J connectivity index is 1.73. The average molecular weight is 511 g/mol. The van der Waals surface area contributed by atoms with Crippen molar-refractivity contribution in [3.8, 4) is 11.5 Å². The molecule has 0 unspecified atom stereocenters. The number of esters is 1. The van der Waals surface area contributed by atoms with Gasteiger partial charge in [-0.25, -0.2) is 9.59 Å². The Kier molecular flexibility index (Phi) is 7.27. The standard InChI is InChI=1S/C25H26N4O8/c26-25(27)28-13-5-6-14-12(9-13)3-1-2-4-15-19(37-24(14)35)11-18-16(7-8-36-18)21(15)22(32)29-17(23(33)34)10-20(30)31/h5-6,9,11,17H,1-4,7-8,10H2,(H,29,32)(H,30,31)(H,33,34)(H4,26,27,28)/t17-/m0/s1. The number of guanidine groups is 1. The predicted octanol–water partition coefficient (Wildman–Crippen LogP) is 1.68. The molecule has 0 spiro atoms. The van der Waals surface area contributed by atoms with Gasteiger partial charge >= 0.3 is 17.9 Å². The normalized spacial score (nSPS) is 15.1. The average Bonchev–Trinajstić information content (AvgIpc) is 3.28. The first-order chi connectivity index (χ1) is 17.6. The Morgan fingerprint density at radius 3 is 2.49 bits per heavy atom. The van der Waals surface area contributed by atoms with E-state index in [4.69, 9.17) is 25.7 Å². The van der Waals surface area contributed by atoms with Crippen molar-refractivity contribution >= 4 is 35.5 Å². The van der Waals surface area contributed by atoms with Gasteiger partial charge in [0.2, 0.25) is 0 Å². The highest BCUT2D eigenvalue weighted by atomic mass is 16.5. The number of nitrogens with two attached hydrogens (primary N) is 1. The smallest absolute Gasteiger partial charge is 0.343 e. The molecule has 1 atom stereocenters. The Morgan fingerprint density at radius 1 is 1.05 bits per heavy atom. The lowest BCUT2D eigenvalue weighted by Gasteiger charge is -2.21. The van der Waals surface area contributed by atoms with E-state index in [1.165, 1.54) is 0 Å². The summed E-state index contributed by atoms with van der Waals surface area (Å²) in [6, 6.07) is 4.84. The van der Waals surface area contributed by atoms with Crippen molar-refractivity contribution in [1.82, 2.24) is 5.32 Å². The van der Waals surface area contributed by atoms with E-state index in [0.717, 1.165) is 0 Å². The summed E-state index contributed by atoms with van der Waals surface area (Å²) in [5.74, 6) is -4.01. The van der Waals surface area contributed by atoms with E-state index >= 15 is 0 Å². The van der Waals surface area contributed by atoms with Crippen LogP contribution >= 0.6 is 0 Å². The largest absolute Gasteiger partial charge is 0.493 e. The van der Waals surface area contributed by atoms with Gasteiger partial charge in [-0.15, -0.1) is 0 Å². The van der Waals surface area contributed by atoms with Gasteiger partial charge in [-0.05, 0) is 49.4 Å². The third-order valence-electron chi connectivity index (χ3n) is 6.21. The van der Waals surface area contributed by atoms with E-state index in [1.54, 1.807) is 24.3 Å². The van der Waals surface area contributed by atoms with Crippen LogP contribution in [0.25, 0.3) is 0 Å². The maximum Gasteiger partial charge on any atom is 0.343 e. The number of benzene rings is 2. The van der Waals surface area contributed by atoms with Crippen LogP contribution in [0.1, 0.15) is 56.7 Å². The van der Waals surface area contributed by atoms with Crippen LogP contribution in [0.15, 0.2) is 24.3 Å². The molecule has 0 bridgehead atoms. The molecular weight excluding hydrogens is 484 g/mol. The third-order valence-corrected chi connectivity index (χ3v) is 6.21. The van der Waals surface area contributed by atoms with Crippen LogP contribution in [-0.4, -0.2) is 52.6 Å². The summed E-state index contributed by atoms with van der Waals surface area (Å²) < 4.78 is 11.4. The number of hydrogen-bond acceptors (Lipinski definition) is 7. The van der Waals surface area contributed by atoms with Crippen molar-refractivity contribution < 1.29 is 38.9 Å². The summed E-state index contributed by atoms with van der Waals surface area (Å²) in [5.41, 5.74) is 8.16. The van der Waals surface area contributed by atoms with Crippen LogP contribution in [-0.2, 0) is 28.9 Å². The molecule has 2 heterocycles. The molecule has 0 saturated heterocycles. The molecule has 37 heavy (non-hydrogen) atoms. The molecule has 1 amide bonds. The minimum absolute atomic E-state index is 0.125. The van der Waals surface area contributed by atoms with Crippen LogP contribution < -0.4 is 25.8 Å². The van der Waals surface area contributed by atoms with Gasteiger partial charge in [0.05, 0.1) is 24.2 Å². The molecule has 0 aromatic heterocycles. The zero-order valence-electron chi connectivity index (χ0n) is 19.8. The molecule has 12 nitrogen and oxygen atoms in total. The summed E-state index contributed by atoms with van der Waals surface area (Å²) >= 11 is 0. The fraction of sp³-hybridized carbons (Fsp3) is 0.320. The van der Waals surface area contributed by atoms with Crippen LogP contribution in [0.3, 0.4) is 0 Å². The van der Waals surface area contributed by atoms with Crippen LogP contribution in [0.2, 0.25) is 0 Å². The number of aryl methyl sites for hydroxylation is 1. The highest BCUT2D eigenvalue weighted by Gasteiger charge is 2.32. The number of hydrogen-bond donors (Lipinski definition) is 6. The second-order valence-electron chi connectivity index (χ2n) is 8.77. The van der Waals surface area contributed by atoms with Crippen molar-refractivity contribution in [2.24, 2.45) is 5.73 Å². The molecule has 2 aromatic carbocycles. The minimum atomic E-state index is -1.63. The molecule has 0 saturated carbocycles. The van der Waals surface area contributed by atoms with E-state index < -0.39 is 36.3 Å². The van der Waals surface area contributed by atoms with Gasteiger partial charge in [-0.2, -0.15) is 0 Å². The molecule has 12 heteroatoms. The summed E-state index contributed by atoms with van der Waals surface area (Å²) in [5, 5.41) is 30.9. The SMILES string of the molecule is N=C(N)Nc1ccc2c(c1)CCCCc1c(cc3c(c1C(=O)N[C@@H](CC(=O)O)C(=O)O)CCO3)OC2=O. The van der Waals surface area contributed by atoms with Gasteiger partial charge < -0.3 is 36.1 Å². The summed E-state index contributed by atoms with van der Waals surface area (Å²) in [6.45, 7) is 0.290. The van der Waals surface area contributed by atoms with Gasteiger partial charge in [-0.1, -0.05) is 0 Å². The molecule has 194 valence electrons. The Morgan fingerprint density at radius 2 is 1.78 bits per heavy atom. The van der Waals surface area contributed by atoms with Gasteiger partial charge in [0.15, 0.2) is 5.96 Å². The monoisotopic (exact) mass is 510 g/mol. The molecular formula is C25H26N4O8. The van der Waals surface area contributed by atoms with E-state index in [1.807, 2.05) is 0 Å². The van der Waals surface area contributed by atoms with Gasteiger partial charge in [0, 0.05) is 29.3 Å². The molecule has 2 aliphatic rings. The maximum absolute atomic E-state index is 13.3. The lowest BCUT2D eigenvalue weighted by molar-refractivity contribution is -0.145. The third kappa shape index (κ3) is 5.63. The molecule has 2 aliphatic heterocycles. The Bertz CT molecular complexity index is 1310. The summed E-state index contributed by atoms with van der Waals surface area (Å²) in [6.07, 6.45) is 1.77. The number of amides is 1. The predicted molar refractivity (Wildman–Crippen MR) is 130 cm³/mol. The molecule has 0 radical (unpaired) electrons. The van der Waals surface area contributed by atoms with Crippen molar-refractivity contribution in [2.75, 3.05) is 11.9 Å². The lowest BCUT2D eigenvalue weighted by atomic mass is 9.91. The van der Waals surface area contributed by atoms with Crippen molar-refractivity contribution in [1.29, 1.82) is 5.41 Å². The Hall–Kier alpha value is -4.61. The quantitative estimate of drug-likeness (QED) is 0.144. The number of fused-ring (bicyclic) bond motifs is 3. The minimum Gasteiger partial charge on any atom is -0.493 e. The van der Waals surface area contributed by atoms with Crippen LogP contribution in [0, 0.1) is 5.41 Å². The molecule has 2 aromatic rings. The lowest BCUT2D eigenvalue weighted by Crippen LogP contribution is -2.42. The number of carboxylic acids is 2. The number of nitrogens with one attached hydrogen (secondary N) is 3. The maximum atomic E-state index is 13.3. The number of rotatable bonds is 6. The van der Waals surface area contributed by atoms with Crippen molar-refractivity contribution in [2.45, 2.75) is 44.6 Å². The topological polar surface area (TPSA) is 201 Å². The van der Waals surface area contributed by atoms with Gasteiger partial charge in [0.1, 0.15) is 17.5 Å². The highest BCUT2D eigenvalue weighted by Crippen LogP contribution is 2.39. The second kappa shape index (κ2) is 10.6. The molecule has 0 fully saturated rings.